The van der Waals surface area contributed by atoms with E-state index < -0.39 is 17.6 Å². The van der Waals surface area contributed by atoms with Crippen molar-refractivity contribution in [2.75, 3.05) is 7.11 Å². The molecule has 6 nitrogen and oxygen atoms in total. The Morgan fingerprint density at radius 2 is 1.94 bits per heavy atom. The van der Waals surface area contributed by atoms with Gasteiger partial charge in [0.1, 0.15) is 11.3 Å². The van der Waals surface area contributed by atoms with Crippen LogP contribution in [0.15, 0.2) is 67.0 Å². The molecule has 158 valence electrons. The third kappa shape index (κ3) is 4.20. The molecule has 0 aliphatic heterocycles. The smallest absolute Gasteiger partial charge is 0.416 e. The van der Waals surface area contributed by atoms with Crippen molar-refractivity contribution in [3.8, 4) is 17.0 Å². The van der Waals surface area contributed by atoms with Crippen LogP contribution in [0.3, 0.4) is 0 Å². The number of alkyl halides is 3. The van der Waals surface area contributed by atoms with Crippen molar-refractivity contribution < 1.29 is 22.7 Å². The minimum absolute atomic E-state index is 0.0599. The van der Waals surface area contributed by atoms with Crippen molar-refractivity contribution in [2.24, 2.45) is 0 Å². The first-order valence-corrected chi connectivity index (χ1v) is 9.28. The number of carbonyl (C=O) groups excluding carboxylic acids is 1. The minimum Gasteiger partial charge on any atom is -0.497 e. The fourth-order valence-corrected chi connectivity index (χ4v) is 3.19. The van der Waals surface area contributed by atoms with Crippen molar-refractivity contribution in [2.45, 2.75) is 12.7 Å². The second kappa shape index (κ2) is 8.10. The Bertz CT molecular complexity index is 1250. The number of ether oxygens (including phenoxy) is 1. The number of hydrogen-bond donors (Lipinski definition) is 1. The molecule has 0 spiro atoms. The van der Waals surface area contributed by atoms with Crippen molar-refractivity contribution in [3.63, 3.8) is 0 Å². The van der Waals surface area contributed by atoms with Crippen LogP contribution >= 0.6 is 0 Å². The molecule has 4 aromatic rings. The summed E-state index contributed by atoms with van der Waals surface area (Å²) >= 11 is 0. The Kier molecular flexibility index (Phi) is 5.33. The van der Waals surface area contributed by atoms with Gasteiger partial charge in [-0.15, -0.1) is 0 Å². The topological polar surface area (TPSA) is 68.5 Å². The van der Waals surface area contributed by atoms with Crippen LogP contribution in [0.1, 0.15) is 21.5 Å². The first-order chi connectivity index (χ1) is 14.9. The maximum Gasteiger partial charge on any atom is 0.416 e. The Morgan fingerprint density at radius 1 is 1.13 bits per heavy atom. The van der Waals surface area contributed by atoms with E-state index in [0.717, 1.165) is 17.7 Å². The third-order valence-corrected chi connectivity index (χ3v) is 4.72. The van der Waals surface area contributed by atoms with Gasteiger partial charge < -0.3 is 10.1 Å². The number of carbonyl (C=O) groups is 1. The van der Waals surface area contributed by atoms with Crippen molar-refractivity contribution in [1.29, 1.82) is 0 Å². The highest BCUT2D eigenvalue weighted by atomic mass is 19.4. The standard InChI is InChI=1S/C22H17F3N4O2/c1-31-17-7-3-5-15(11-17)19-8-9-26-20-18(13-28-29(19)20)21(30)27-12-14-4-2-6-16(10-14)22(23,24)25/h2-11,13H,12H2,1H3,(H,27,30). The van der Waals surface area contributed by atoms with Gasteiger partial charge in [-0.25, -0.2) is 9.50 Å². The summed E-state index contributed by atoms with van der Waals surface area (Å²) in [5.74, 6) is 0.191. The number of halogens is 3. The molecule has 4 rings (SSSR count). The average Bonchev–Trinajstić information content (AvgIpc) is 3.21. The molecule has 0 aliphatic rings. The van der Waals surface area contributed by atoms with E-state index in [0.29, 0.717) is 22.7 Å². The van der Waals surface area contributed by atoms with E-state index in [4.69, 9.17) is 4.74 Å². The molecule has 0 saturated carbocycles. The number of nitrogens with one attached hydrogen (secondary N) is 1. The molecular formula is C22H17F3N4O2. The van der Waals surface area contributed by atoms with E-state index in [-0.39, 0.29) is 12.1 Å². The summed E-state index contributed by atoms with van der Waals surface area (Å²) in [5.41, 5.74) is 1.66. The lowest BCUT2D eigenvalue weighted by atomic mass is 10.1. The number of amides is 1. The van der Waals surface area contributed by atoms with Crippen molar-refractivity contribution in [3.05, 3.63) is 83.7 Å². The van der Waals surface area contributed by atoms with Crippen LogP contribution < -0.4 is 10.1 Å². The van der Waals surface area contributed by atoms with Gasteiger partial charge in [-0.3, -0.25) is 4.79 Å². The summed E-state index contributed by atoms with van der Waals surface area (Å²) in [6.07, 6.45) is -1.49. The number of nitrogens with zero attached hydrogens (tertiary/aromatic N) is 3. The Morgan fingerprint density at radius 3 is 2.71 bits per heavy atom. The molecule has 2 heterocycles. The van der Waals surface area contributed by atoms with Crippen LogP contribution in [-0.4, -0.2) is 27.6 Å². The number of methoxy groups -OCH3 is 1. The van der Waals surface area contributed by atoms with E-state index >= 15 is 0 Å². The zero-order valence-electron chi connectivity index (χ0n) is 16.3. The SMILES string of the molecule is COc1cccc(-c2ccnc3c(C(=O)NCc4cccc(C(F)(F)F)c4)cnn23)c1. The molecule has 0 fully saturated rings. The number of rotatable bonds is 5. The van der Waals surface area contributed by atoms with Crippen molar-refractivity contribution in [1.82, 2.24) is 19.9 Å². The molecule has 1 N–H and O–H groups in total. The fraction of sp³-hybridized carbons (Fsp3) is 0.136. The van der Waals surface area contributed by atoms with Crippen LogP contribution in [0, 0.1) is 0 Å². The first-order valence-electron chi connectivity index (χ1n) is 9.28. The van der Waals surface area contributed by atoms with Gasteiger partial charge in [0.25, 0.3) is 5.91 Å². The zero-order chi connectivity index (χ0) is 22.0. The molecule has 0 atom stereocenters. The summed E-state index contributed by atoms with van der Waals surface area (Å²) < 4.78 is 45.4. The van der Waals surface area contributed by atoms with Crippen LogP contribution in [0.2, 0.25) is 0 Å². The maximum atomic E-state index is 12.9. The van der Waals surface area contributed by atoms with E-state index in [1.54, 1.807) is 19.4 Å². The van der Waals surface area contributed by atoms with Gasteiger partial charge in [0.2, 0.25) is 0 Å². The Labute approximate surface area is 175 Å². The Balaban J connectivity index is 1.58. The minimum atomic E-state index is -4.44. The van der Waals surface area contributed by atoms with Gasteiger partial charge in [0.05, 0.1) is 24.6 Å². The molecule has 0 saturated heterocycles. The summed E-state index contributed by atoms with van der Waals surface area (Å²) in [6.45, 7) is -0.0599. The predicted molar refractivity (Wildman–Crippen MR) is 108 cm³/mol. The highest BCUT2D eigenvalue weighted by Gasteiger charge is 2.30. The maximum absolute atomic E-state index is 12.9. The second-order valence-corrected chi connectivity index (χ2v) is 6.74. The van der Waals surface area contributed by atoms with E-state index in [1.807, 2.05) is 24.3 Å². The third-order valence-electron chi connectivity index (χ3n) is 4.72. The lowest BCUT2D eigenvalue weighted by molar-refractivity contribution is -0.137. The van der Waals surface area contributed by atoms with Gasteiger partial charge in [-0.1, -0.05) is 24.3 Å². The molecule has 2 aromatic carbocycles. The van der Waals surface area contributed by atoms with E-state index in [1.165, 1.54) is 22.8 Å². The molecule has 0 radical (unpaired) electrons. The average molecular weight is 426 g/mol. The van der Waals surface area contributed by atoms with Crippen LogP contribution in [0.25, 0.3) is 16.9 Å². The number of aromatic nitrogens is 3. The molecule has 1 amide bonds. The van der Waals surface area contributed by atoms with Gasteiger partial charge in [-0.2, -0.15) is 18.3 Å². The van der Waals surface area contributed by atoms with Crippen LogP contribution in [0.4, 0.5) is 13.2 Å². The van der Waals surface area contributed by atoms with Gasteiger partial charge in [0, 0.05) is 18.3 Å². The summed E-state index contributed by atoms with van der Waals surface area (Å²) in [4.78, 5) is 16.9. The van der Waals surface area contributed by atoms with Gasteiger partial charge in [0.15, 0.2) is 5.65 Å². The number of fused-ring (bicyclic) bond motifs is 1. The fourth-order valence-electron chi connectivity index (χ4n) is 3.19. The molecule has 31 heavy (non-hydrogen) atoms. The molecule has 0 bridgehead atoms. The first kappa shape index (κ1) is 20.4. The van der Waals surface area contributed by atoms with Crippen LogP contribution in [0.5, 0.6) is 5.75 Å². The molecule has 9 heteroatoms. The molecular weight excluding hydrogens is 409 g/mol. The summed E-state index contributed by atoms with van der Waals surface area (Å²) in [6, 6.07) is 14.0. The number of benzene rings is 2. The van der Waals surface area contributed by atoms with Gasteiger partial charge >= 0.3 is 6.18 Å². The normalized spacial score (nSPS) is 11.5. The lowest BCUT2D eigenvalue weighted by Crippen LogP contribution is -2.23. The van der Waals surface area contributed by atoms with E-state index in [2.05, 4.69) is 15.4 Å². The van der Waals surface area contributed by atoms with E-state index in [9.17, 15) is 18.0 Å². The van der Waals surface area contributed by atoms with Crippen molar-refractivity contribution >= 4 is 11.6 Å². The molecule has 0 aliphatic carbocycles. The Hall–Kier alpha value is -3.88. The number of hydrogen-bond acceptors (Lipinski definition) is 4. The predicted octanol–water partition coefficient (Wildman–Crippen LogP) is 4.35. The monoisotopic (exact) mass is 426 g/mol. The van der Waals surface area contributed by atoms with Crippen LogP contribution in [-0.2, 0) is 12.7 Å². The molecule has 2 aromatic heterocycles. The quantitative estimate of drug-likeness (QED) is 0.515. The highest BCUT2D eigenvalue weighted by Crippen LogP contribution is 2.29. The summed E-state index contributed by atoms with van der Waals surface area (Å²) in [5, 5.41) is 6.91. The highest BCUT2D eigenvalue weighted by molar-refractivity contribution is 5.99. The zero-order valence-corrected chi connectivity index (χ0v) is 16.3. The largest absolute Gasteiger partial charge is 0.497 e. The second-order valence-electron chi connectivity index (χ2n) is 6.74. The molecule has 0 unspecified atom stereocenters. The summed E-state index contributed by atoms with van der Waals surface area (Å²) in [7, 11) is 1.57. The van der Waals surface area contributed by atoms with Gasteiger partial charge in [-0.05, 0) is 35.9 Å². The lowest BCUT2D eigenvalue weighted by Gasteiger charge is -2.09.